The van der Waals surface area contributed by atoms with Crippen LogP contribution < -0.4 is 10.5 Å². The van der Waals surface area contributed by atoms with Crippen LogP contribution in [0.15, 0.2) is 41.3 Å². The molecule has 0 N–H and O–H groups in total. The highest BCUT2D eigenvalue weighted by Gasteiger charge is 2.21. The zero-order chi connectivity index (χ0) is 16.2. The van der Waals surface area contributed by atoms with Gasteiger partial charge in [-0.15, -0.1) is 0 Å². The van der Waals surface area contributed by atoms with Gasteiger partial charge in [0.2, 0.25) is 0 Å². The van der Waals surface area contributed by atoms with Crippen molar-refractivity contribution >= 4 is 17.3 Å². The average molecular weight is 330 g/mol. The number of rotatable bonds is 3. The summed E-state index contributed by atoms with van der Waals surface area (Å²) >= 11 is 6.30. The zero-order valence-electron chi connectivity index (χ0n) is 12.5. The van der Waals surface area contributed by atoms with Crippen molar-refractivity contribution in [1.82, 2.24) is 14.7 Å². The zero-order valence-corrected chi connectivity index (χ0v) is 13.3. The number of benzene rings is 1. The van der Waals surface area contributed by atoms with Gasteiger partial charge in [0, 0.05) is 26.2 Å². The fourth-order valence-corrected chi connectivity index (χ4v) is 2.89. The Labute approximate surface area is 139 Å². The molecule has 118 valence electrons. The Kier molecular flexibility index (Phi) is 4.60. The summed E-state index contributed by atoms with van der Waals surface area (Å²) in [5.74, 6) is 0. The van der Waals surface area contributed by atoms with Crippen molar-refractivity contribution in [2.45, 2.75) is 0 Å². The first-order valence-corrected chi connectivity index (χ1v) is 7.76. The third-order valence-electron chi connectivity index (χ3n) is 3.91. The highest BCUT2D eigenvalue weighted by molar-refractivity contribution is 6.33. The lowest BCUT2D eigenvalue weighted by atomic mass is 10.3. The third kappa shape index (κ3) is 3.21. The van der Waals surface area contributed by atoms with Crippen LogP contribution in [0.2, 0.25) is 5.02 Å². The molecule has 0 radical (unpaired) electrons. The van der Waals surface area contributed by atoms with E-state index in [4.69, 9.17) is 16.9 Å². The van der Waals surface area contributed by atoms with Crippen LogP contribution in [0.25, 0.3) is 5.69 Å². The maximum absolute atomic E-state index is 12.5. The van der Waals surface area contributed by atoms with Crippen LogP contribution >= 0.6 is 11.6 Å². The predicted octanol–water partition coefficient (Wildman–Crippen LogP) is 1.53. The number of piperazine rings is 1. The van der Waals surface area contributed by atoms with Crippen LogP contribution in [0, 0.1) is 11.3 Å². The van der Waals surface area contributed by atoms with Crippen molar-refractivity contribution in [2.24, 2.45) is 0 Å². The monoisotopic (exact) mass is 329 g/mol. The molecule has 0 aliphatic carbocycles. The van der Waals surface area contributed by atoms with Crippen LogP contribution in [0.5, 0.6) is 0 Å². The van der Waals surface area contributed by atoms with Crippen LogP contribution in [0.3, 0.4) is 0 Å². The van der Waals surface area contributed by atoms with Gasteiger partial charge < -0.3 is 4.90 Å². The van der Waals surface area contributed by atoms with Gasteiger partial charge in [0.15, 0.2) is 0 Å². The van der Waals surface area contributed by atoms with Gasteiger partial charge in [0.1, 0.15) is 5.02 Å². The SMILES string of the molecule is N#CCN1CCN(c2cnn(-c3ccccc3)c(=O)c2Cl)CC1. The van der Waals surface area contributed by atoms with Gasteiger partial charge in [-0.1, -0.05) is 29.8 Å². The minimum absolute atomic E-state index is 0.178. The molecular weight excluding hydrogens is 314 g/mol. The van der Waals surface area contributed by atoms with Gasteiger partial charge in [-0.25, -0.2) is 0 Å². The van der Waals surface area contributed by atoms with Gasteiger partial charge in [-0.05, 0) is 12.1 Å². The first-order chi connectivity index (χ1) is 11.2. The Bertz CT molecular complexity index is 775. The predicted molar refractivity (Wildman–Crippen MR) is 89.1 cm³/mol. The fourth-order valence-electron chi connectivity index (χ4n) is 2.64. The lowest BCUT2D eigenvalue weighted by Crippen LogP contribution is -2.47. The summed E-state index contributed by atoms with van der Waals surface area (Å²) in [6.45, 7) is 3.41. The molecule has 1 aliphatic rings. The molecule has 0 unspecified atom stereocenters. The number of aromatic nitrogens is 2. The van der Waals surface area contributed by atoms with Gasteiger partial charge in [-0.3, -0.25) is 9.69 Å². The normalized spacial score (nSPS) is 15.4. The summed E-state index contributed by atoms with van der Waals surface area (Å²) in [5, 5.41) is 13.2. The average Bonchev–Trinajstić information content (AvgIpc) is 2.59. The maximum Gasteiger partial charge on any atom is 0.292 e. The molecule has 2 heterocycles. The number of para-hydroxylation sites is 1. The Morgan fingerprint density at radius 3 is 2.52 bits per heavy atom. The van der Waals surface area contributed by atoms with Gasteiger partial charge in [0.25, 0.3) is 5.56 Å². The summed E-state index contributed by atoms with van der Waals surface area (Å²) in [6, 6.07) is 11.3. The standard InChI is InChI=1S/C16H16ClN5O/c17-15-14(21-10-8-20(7-6-18)9-11-21)12-19-22(16(15)23)13-4-2-1-3-5-13/h1-5,12H,7-11H2. The van der Waals surface area contributed by atoms with Gasteiger partial charge >= 0.3 is 0 Å². The molecular formula is C16H16ClN5O. The number of nitriles is 1. The van der Waals surface area contributed by atoms with Gasteiger partial charge in [0.05, 0.1) is 30.2 Å². The van der Waals surface area contributed by atoms with Crippen LogP contribution in [-0.4, -0.2) is 47.4 Å². The van der Waals surface area contributed by atoms with Crippen molar-refractivity contribution in [3.8, 4) is 11.8 Å². The highest BCUT2D eigenvalue weighted by Crippen LogP contribution is 2.22. The second-order valence-corrected chi connectivity index (χ2v) is 5.70. The number of halogens is 1. The fraction of sp³-hybridized carbons (Fsp3) is 0.312. The van der Waals surface area contributed by atoms with E-state index in [1.54, 1.807) is 6.20 Å². The highest BCUT2D eigenvalue weighted by atomic mass is 35.5. The molecule has 1 aromatic heterocycles. The third-order valence-corrected chi connectivity index (χ3v) is 4.26. The summed E-state index contributed by atoms with van der Waals surface area (Å²) in [4.78, 5) is 16.6. The van der Waals surface area contributed by atoms with E-state index in [0.717, 1.165) is 26.2 Å². The second-order valence-electron chi connectivity index (χ2n) is 5.32. The van der Waals surface area contributed by atoms with Crippen molar-refractivity contribution in [3.05, 3.63) is 51.9 Å². The molecule has 0 bridgehead atoms. The van der Waals surface area contributed by atoms with E-state index in [9.17, 15) is 4.79 Å². The number of hydrogen-bond donors (Lipinski definition) is 0. The Morgan fingerprint density at radius 2 is 1.87 bits per heavy atom. The number of hydrogen-bond acceptors (Lipinski definition) is 5. The summed E-state index contributed by atoms with van der Waals surface area (Å²) in [5.41, 5.74) is 1.01. The van der Waals surface area contributed by atoms with Crippen molar-refractivity contribution in [1.29, 1.82) is 5.26 Å². The van der Waals surface area contributed by atoms with Crippen LogP contribution in [-0.2, 0) is 0 Å². The van der Waals surface area contributed by atoms with Crippen LogP contribution in [0.4, 0.5) is 5.69 Å². The summed E-state index contributed by atoms with van der Waals surface area (Å²) in [6.07, 6.45) is 1.64. The van der Waals surface area contributed by atoms with Crippen molar-refractivity contribution < 1.29 is 0 Å². The molecule has 7 heteroatoms. The van der Waals surface area contributed by atoms with E-state index in [-0.39, 0.29) is 10.6 Å². The van der Waals surface area contributed by atoms with Crippen molar-refractivity contribution in [2.75, 3.05) is 37.6 Å². The minimum Gasteiger partial charge on any atom is -0.366 e. The molecule has 1 saturated heterocycles. The van der Waals surface area contributed by atoms with E-state index in [0.29, 0.717) is 17.9 Å². The summed E-state index contributed by atoms with van der Waals surface area (Å²) in [7, 11) is 0. The first-order valence-electron chi connectivity index (χ1n) is 7.38. The molecule has 23 heavy (non-hydrogen) atoms. The van der Waals surface area contributed by atoms with Gasteiger partial charge in [-0.2, -0.15) is 15.0 Å². The molecule has 0 amide bonds. The summed E-state index contributed by atoms with van der Waals surface area (Å²) < 4.78 is 1.30. The van der Waals surface area contributed by atoms with E-state index in [1.807, 2.05) is 35.2 Å². The largest absolute Gasteiger partial charge is 0.366 e. The van der Waals surface area contributed by atoms with Crippen LogP contribution in [0.1, 0.15) is 0 Å². The lowest BCUT2D eigenvalue weighted by Gasteiger charge is -2.34. The molecule has 2 aromatic rings. The lowest BCUT2D eigenvalue weighted by molar-refractivity contribution is 0.287. The topological polar surface area (TPSA) is 65.2 Å². The Morgan fingerprint density at radius 1 is 1.17 bits per heavy atom. The molecule has 3 rings (SSSR count). The molecule has 0 saturated carbocycles. The number of nitrogens with zero attached hydrogens (tertiary/aromatic N) is 5. The Hall–Kier alpha value is -2.36. The molecule has 0 atom stereocenters. The molecule has 1 aliphatic heterocycles. The first kappa shape index (κ1) is 15.5. The maximum atomic E-state index is 12.5. The van der Waals surface area contributed by atoms with E-state index in [1.165, 1.54) is 4.68 Å². The second kappa shape index (κ2) is 6.82. The molecule has 1 aromatic carbocycles. The van der Waals surface area contributed by atoms with E-state index in [2.05, 4.69) is 16.1 Å². The van der Waals surface area contributed by atoms with E-state index < -0.39 is 0 Å². The quantitative estimate of drug-likeness (QED) is 0.799. The van der Waals surface area contributed by atoms with E-state index >= 15 is 0 Å². The number of anilines is 1. The molecule has 6 nitrogen and oxygen atoms in total. The molecule has 1 fully saturated rings. The minimum atomic E-state index is -0.324. The molecule has 0 spiro atoms. The Balaban J connectivity index is 1.85. The smallest absolute Gasteiger partial charge is 0.292 e. The van der Waals surface area contributed by atoms with Crippen molar-refractivity contribution in [3.63, 3.8) is 0 Å².